The summed E-state index contributed by atoms with van der Waals surface area (Å²) in [6, 6.07) is 12.3. The molecule has 0 unspecified atom stereocenters. The lowest BCUT2D eigenvalue weighted by molar-refractivity contribution is 0.508. The molecule has 2 heterocycles. The molecule has 4 heteroatoms. The zero-order valence-corrected chi connectivity index (χ0v) is 11.4. The average molecular weight is 269 g/mol. The predicted octanol–water partition coefficient (Wildman–Crippen LogP) is 2.64. The highest BCUT2D eigenvalue weighted by Crippen LogP contribution is 2.15. The van der Waals surface area contributed by atoms with Crippen molar-refractivity contribution in [3.8, 4) is 0 Å². The third-order valence-electron chi connectivity index (χ3n) is 3.36. The van der Waals surface area contributed by atoms with Crippen molar-refractivity contribution in [3.63, 3.8) is 0 Å². The van der Waals surface area contributed by atoms with Gasteiger partial charge in [0.25, 0.3) is 0 Å². The molecule has 0 spiro atoms. The number of benzene rings is 1. The Bertz CT molecular complexity index is 550. The van der Waals surface area contributed by atoms with E-state index in [9.17, 15) is 0 Å². The van der Waals surface area contributed by atoms with E-state index in [4.69, 9.17) is 4.42 Å². The number of guanidine groups is 1. The van der Waals surface area contributed by atoms with Gasteiger partial charge in [-0.15, -0.1) is 0 Å². The zero-order valence-electron chi connectivity index (χ0n) is 11.4. The number of nitrogens with zero attached hydrogens (tertiary/aromatic N) is 1. The first-order chi connectivity index (χ1) is 9.90. The molecule has 2 N–H and O–H groups in total. The molecule has 3 rings (SSSR count). The monoisotopic (exact) mass is 269 g/mol. The minimum atomic E-state index is 0.875. The highest BCUT2D eigenvalue weighted by molar-refractivity contribution is 5.83. The molecule has 1 aromatic carbocycles. The summed E-state index contributed by atoms with van der Waals surface area (Å²) in [5.74, 6) is 1.91. The number of furan rings is 1. The van der Waals surface area contributed by atoms with E-state index in [2.05, 4.69) is 39.9 Å². The van der Waals surface area contributed by atoms with Crippen LogP contribution in [0.4, 0.5) is 5.69 Å². The van der Waals surface area contributed by atoms with Crippen LogP contribution >= 0.6 is 0 Å². The summed E-state index contributed by atoms with van der Waals surface area (Å²) in [4.78, 5) is 4.55. The van der Waals surface area contributed by atoms with Gasteiger partial charge in [-0.05, 0) is 42.7 Å². The normalized spacial score (nSPS) is 14.5. The van der Waals surface area contributed by atoms with E-state index in [0.29, 0.717) is 0 Å². The van der Waals surface area contributed by atoms with Crippen molar-refractivity contribution < 1.29 is 4.42 Å². The number of nitrogens with one attached hydrogen (secondary N) is 2. The third-order valence-corrected chi connectivity index (χ3v) is 3.36. The summed E-state index contributed by atoms with van der Waals surface area (Å²) in [6.45, 7) is 1.99. The molecule has 1 fully saturated rings. The molecule has 0 saturated carbocycles. The van der Waals surface area contributed by atoms with Gasteiger partial charge >= 0.3 is 0 Å². The Balaban J connectivity index is 1.59. The van der Waals surface area contributed by atoms with Crippen LogP contribution in [0.25, 0.3) is 0 Å². The first kappa shape index (κ1) is 12.8. The Hall–Kier alpha value is -2.23. The summed E-state index contributed by atoms with van der Waals surface area (Å²) in [6.07, 6.45) is 4.79. The van der Waals surface area contributed by atoms with Crippen molar-refractivity contribution >= 4 is 11.6 Å². The van der Waals surface area contributed by atoms with Gasteiger partial charge in [0, 0.05) is 19.5 Å². The lowest BCUT2D eigenvalue weighted by Crippen LogP contribution is -2.43. The zero-order chi connectivity index (χ0) is 13.6. The molecule has 1 aliphatic rings. The maximum absolute atomic E-state index is 5.34. The number of hydrogen-bond donors (Lipinski definition) is 2. The van der Waals surface area contributed by atoms with Gasteiger partial charge in [0.2, 0.25) is 0 Å². The van der Waals surface area contributed by atoms with Crippen molar-refractivity contribution in [1.82, 2.24) is 10.6 Å². The van der Waals surface area contributed by atoms with Gasteiger partial charge in [-0.25, -0.2) is 4.99 Å². The summed E-state index contributed by atoms with van der Waals surface area (Å²) in [5, 5.41) is 6.50. The first-order valence-electron chi connectivity index (χ1n) is 7.08. The van der Waals surface area contributed by atoms with Gasteiger partial charge in [-0.1, -0.05) is 12.1 Å². The fraction of sp³-hybridized carbons (Fsp3) is 0.312. The largest absolute Gasteiger partial charge is 0.469 e. The quantitative estimate of drug-likeness (QED) is 0.897. The summed E-state index contributed by atoms with van der Waals surface area (Å²) in [7, 11) is 0. The topological polar surface area (TPSA) is 49.6 Å². The van der Waals surface area contributed by atoms with Crippen LogP contribution in [0.2, 0.25) is 0 Å². The smallest absolute Gasteiger partial charge is 0.196 e. The Morgan fingerprint density at radius 3 is 2.50 bits per heavy atom. The maximum Gasteiger partial charge on any atom is 0.196 e. The van der Waals surface area contributed by atoms with Crippen LogP contribution in [-0.4, -0.2) is 19.0 Å². The molecule has 4 nitrogen and oxygen atoms in total. The second kappa shape index (κ2) is 6.28. The highest BCUT2D eigenvalue weighted by atomic mass is 16.3. The van der Waals surface area contributed by atoms with Crippen LogP contribution in [0.15, 0.2) is 52.1 Å². The average Bonchev–Trinajstić information content (AvgIpc) is 3.01. The first-order valence-corrected chi connectivity index (χ1v) is 7.08. The van der Waals surface area contributed by atoms with Crippen LogP contribution in [0.5, 0.6) is 0 Å². The molecular formula is C16H19N3O. The van der Waals surface area contributed by atoms with Crippen LogP contribution < -0.4 is 10.6 Å². The van der Waals surface area contributed by atoms with E-state index in [-0.39, 0.29) is 0 Å². The molecular weight excluding hydrogens is 250 g/mol. The number of hydrogen-bond acceptors (Lipinski definition) is 2. The van der Waals surface area contributed by atoms with Crippen LogP contribution in [-0.2, 0) is 12.8 Å². The van der Waals surface area contributed by atoms with Crippen LogP contribution in [0.3, 0.4) is 0 Å². The van der Waals surface area contributed by atoms with Crippen molar-refractivity contribution in [2.45, 2.75) is 19.3 Å². The summed E-state index contributed by atoms with van der Waals surface area (Å²) >= 11 is 0. The minimum absolute atomic E-state index is 0.875. The lowest BCUT2D eigenvalue weighted by Gasteiger charge is -2.17. The van der Waals surface area contributed by atoms with E-state index >= 15 is 0 Å². The Labute approximate surface area is 118 Å². The molecule has 0 radical (unpaired) electrons. The van der Waals surface area contributed by atoms with Crippen LogP contribution in [0, 0.1) is 0 Å². The number of rotatable bonds is 4. The van der Waals surface area contributed by atoms with Gasteiger partial charge in [-0.3, -0.25) is 0 Å². The number of aliphatic imine (C=N–C) groups is 1. The SMILES string of the molecule is c1coc(CCc2ccc(N=C3NCCCN3)cc2)c1. The van der Waals surface area contributed by atoms with E-state index in [1.807, 2.05) is 12.1 Å². The highest BCUT2D eigenvalue weighted by Gasteiger charge is 2.04. The molecule has 0 bridgehead atoms. The van der Waals surface area contributed by atoms with Crippen molar-refractivity contribution in [2.24, 2.45) is 4.99 Å². The Morgan fingerprint density at radius 2 is 1.80 bits per heavy atom. The van der Waals surface area contributed by atoms with E-state index in [1.54, 1.807) is 6.26 Å². The second-order valence-electron chi connectivity index (χ2n) is 4.91. The molecule has 20 heavy (non-hydrogen) atoms. The van der Waals surface area contributed by atoms with Crippen molar-refractivity contribution in [3.05, 3.63) is 54.0 Å². The van der Waals surface area contributed by atoms with Gasteiger partial charge in [0.1, 0.15) is 5.76 Å². The molecule has 0 atom stereocenters. The molecule has 1 aromatic heterocycles. The standard InChI is InChI=1S/C16H19N3O/c1-3-15(20-12-1)9-6-13-4-7-14(8-5-13)19-16-17-10-2-11-18-16/h1,3-5,7-8,12H,2,6,9-11H2,(H2,17,18,19). The fourth-order valence-corrected chi connectivity index (χ4v) is 2.23. The maximum atomic E-state index is 5.34. The van der Waals surface area contributed by atoms with Gasteiger partial charge in [0.15, 0.2) is 5.96 Å². The minimum Gasteiger partial charge on any atom is -0.469 e. The van der Waals surface area contributed by atoms with Crippen LogP contribution in [0.1, 0.15) is 17.7 Å². The molecule has 104 valence electrons. The molecule has 2 aromatic rings. The van der Waals surface area contributed by atoms with E-state index < -0.39 is 0 Å². The number of aryl methyl sites for hydroxylation is 2. The summed E-state index contributed by atoms with van der Waals surface area (Å²) < 4.78 is 5.34. The van der Waals surface area contributed by atoms with Crippen molar-refractivity contribution in [1.29, 1.82) is 0 Å². The van der Waals surface area contributed by atoms with E-state index in [0.717, 1.165) is 49.8 Å². The Kier molecular flexibility index (Phi) is 4.01. The predicted molar refractivity (Wildman–Crippen MR) is 80.3 cm³/mol. The molecule has 0 amide bonds. The molecule has 1 aliphatic heterocycles. The third kappa shape index (κ3) is 3.41. The fourth-order valence-electron chi connectivity index (χ4n) is 2.23. The summed E-state index contributed by atoms with van der Waals surface area (Å²) in [5.41, 5.74) is 2.28. The van der Waals surface area contributed by atoms with Crippen molar-refractivity contribution in [2.75, 3.05) is 13.1 Å². The Morgan fingerprint density at radius 1 is 1.00 bits per heavy atom. The molecule has 0 aliphatic carbocycles. The van der Waals surface area contributed by atoms with E-state index in [1.165, 1.54) is 5.56 Å². The lowest BCUT2D eigenvalue weighted by atomic mass is 10.1. The second-order valence-corrected chi connectivity index (χ2v) is 4.91. The van der Waals surface area contributed by atoms with Gasteiger partial charge < -0.3 is 15.1 Å². The van der Waals surface area contributed by atoms with Gasteiger partial charge in [-0.2, -0.15) is 0 Å². The molecule has 1 saturated heterocycles. The van der Waals surface area contributed by atoms with Gasteiger partial charge in [0.05, 0.1) is 12.0 Å².